The number of hydrogen-bond donors (Lipinski definition) is 0. The first-order chi connectivity index (χ1) is 14.3. The molecule has 1 aromatic rings. The molecule has 3 heteroatoms. The molecule has 0 saturated carbocycles. The maximum absolute atomic E-state index is 6.20. The van der Waals surface area contributed by atoms with Crippen molar-refractivity contribution in [3.63, 3.8) is 0 Å². The second kappa shape index (κ2) is 17.5. The fraction of sp³-hybridized carbons (Fsp3) is 0.731. The molecule has 0 aliphatic heterocycles. The zero-order valence-corrected chi connectivity index (χ0v) is 19.4. The minimum atomic E-state index is 0.710. The van der Waals surface area contributed by atoms with E-state index < -0.39 is 0 Å². The van der Waals surface area contributed by atoms with E-state index in [1.165, 1.54) is 57.8 Å². The molecule has 1 aromatic carbocycles. The Labute approximate surface area is 180 Å². The highest BCUT2D eigenvalue weighted by Gasteiger charge is 2.15. The molecule has 0 N–H and O–H groups in total. The van der Waals surface area contributed by atoms with Gasteiger partial charge in [-0.25, -0.2) is 0 Å². The van der Waals surface area contributed by atoms with Crippen LogP contribution in [-0.2, 0) is 6.42 Å². The van der Waals surface area contributed by atoms with Crippen LogP contribution < -0.4 is 14.2 Å². The number of unbranched alkanes of at least 4 members (excludes halogenated alkanes) is 9. The molecule has 0 atom stereocenters. The summed E-state index contributed by atoms with van der Waals surface area (Å²) >= 11 is 0. The van der Waals surface area contributed by atoms with Crippen molar-refractivity contribution >= 4 is 0 Å². The molecule has 0 saturated heterocycles. The van der Waals surface area contributed by atoms with Gasteiger partial charge in [0.1, 0.15) is 0 Å². The summed E-state index contributed by atoms with van der Waals surface area (Å²) in [4.78, 5) is 0. The minimum Gasteiger partial charge on any atom is -0.490 e. The molecule has 3 nitrogen and oxygen atoms in total. The van der Waals surface area contributed by atoms with Crippen LogP contribution in [0.3, 0.4) is 0 Å². The lowest BCUT2D eigenvalue weighted by Gasteiger charge is -2.18. The second-order valence-electron chi connectivity index (χ2n) is 7.90. The van der Waals surface area contributed by atoms with Crippen LogP contribution in [-0.4, -0.2) is 19.8 Å². The number of rotatable bonds is 19. The van der Waals surface area contributed by atoms with Gasteiger partial charge in [-0.2, -0.15) is 0 Å². The van der Waals surface area contributed by atoms with E-state index in [-0.39, 0.29) is 0 Å². The molecule has 0 aromatic heterocycles. The average molecular weight is 406 g/mol. The van der Waals surface area contributed by atoms with Gasteiger partial charge in [-0.15, -0.1) is 0 Å². The molecular formula is C26H45O3. The third kappa shape index (κ3) is 11.4. The van der Waals surface area contributed by atoms with Crippen LogP contribution in [0, 0.1) is 6.92 Å². The smallest absolute Gasteiger partial charge is 0.203 e. The molecule has 0 heterocycles. The molecule has 0 aliphatic rings. The third-order valence-electron chi connectivity index (χ3n) is 5.12. The predicted octanol–water partition coefficient (Wildman–Crippen LogP) is 7.94. The van der Waals surface area contributed by atoms with Crippen LogP contribution in [0.1, 0.15) is 103 Å². The summed E-state index contributed by atoms with van der Waals surface area (Å²) in [6.07, 6.45) is 15.0. The highest BCUT2D eigenvalue weighted by Crippen LogP contribution is 2.39. The van der Waals surface area contributed by atoms with Gasteiger partial charge in [0.15, 0.2) is 11.5 Å². The molecule has 0 spiro atoms. The molecule has 0 aliphatic carbocycles. The SMILES string of the molecule is [CH2]Cc1cc(OCCCCCC)c(OCCCCCC)c(OCCCCCC)c1. The lowest BCUT2D eigenvalue weighted by molar-refractivity contribution is 0.234. The Morgan fingerprint density at radius 2 is 1.00 bits per heavy atom. The van der Waals surface area contributed by atoms with E-state index in [1.807, 2.05) is 0 Å². The minimum absolute atomic E-state index is 0.710. The molecule has 1 rings (SSSR count). The van der Waals surface area contributed by atoms with Gasteiger partial charge in [-0.3, -0.25) is 0 Å². The molecular weight excluding hydrogens is 360 g/mol. The Bertz CT molecular complexity index is 478. The van der Waals surface area contributed by atoms with E-state index in [2.05, 4.69) is 39.8 Å². The van der Waals surface area contributed by atoms with Crippen molar-refractivity contribution in [2.75, 3.05) is 19.8 Å². The van der Waals surface area contributed by atoms with Crippen LogP contribution >= 0.6 is 0 Å². The lowest BCUT2D eigenvalue weighted by Crippen LogP contribution is -2.07. The Hall–Kier alpha value is -1.38. The van der Waals surface area contributed by atoms with Crippen molar-refractivity contribution in [3.8, 4) is 17.2 Å². The van der Waals surface area contributed by atoms with Crippen molar-refractivity contribution < 1.29 is 14.2 Å². The van der Waals surface area contributed by atoms with Gasteiger partial charge < -0.3 is 14.2 Å². The molecule has 0 amide bonds. The van der Waals surface area contributed by atoms with E-state index >= 15 is 0 Å². The lowest BCUT2D eigenvalue weighted by atomic mass is 10.1. The predicted molar refractivity (Wildman–Crippen MR) is 124 cm³/mol. The summed E-state index contributed by atoms with van der Waals surface area (Å²) in [5, 5.41) is 0. The zero-order valence-electron chi connectivity index (χ0n) is 19.4. The van der Waals surface area contributed by atoms with Gasteiger partial charge in [0.05, 0.1) is 19.8 Å². The monoisotopic (exact) mass is 405 g/mol. The van der Waals surface area contributed by atoms with Crippen LogP contribution in [0.25, 0.3) is 0 Å². The first kappa shape index (κ1) is 25.7. The van der Waals surface area contributed by atoms with E-state index in [9.17, 15) is 0 Å². The van der Waals surface area contributed by atoms with Gasteiger partial charge in [0.2, 0.25) is 5.75 Å². The first-order valence-corrected chi connectivity index (χ1v) is 12.1. The topological polar surface area (TPSA) is 27.7 Å². The summed E-state index contributed by atoms with van der Waals surface area (Å²) < 4.78 is 18.5. The van der Waals surface area contributed by atoms with E-state index in [1.54, 1.807) is 0 Å². The highest BCUT2D eigenvalue weighted by atomic mass is 16.5. The highest BCUT2D eigenvalue weighted by molar-refractivity contribution is 5.54. The quantitative estimate of drug-likeness (QED) is 0.219. The van der Waals surface area contributed by atoms with Crippen molar-refractivity contribution in [3.05, 3.63) is 24.6 Å². The van der Waals surface area contributed by atoms with Crippen LogP contribution in [0.2, 0.25) is 0 Å². The van der Waals surface area contributed by atoms with Crippen molar-refractivity contribution in [1.82, 2.24) is 0 Å². The standard InChI is InChI=1S/C26H45O3/c1-5-9-12-15-18-27-24-21-23(8-4)22-25(28-19-16-13-10-6-2)26(24)29-20-17-14-11-7-3/h21-22H,4-20H2,1-3H3. The van der Waals surface area contributed by atoms with Gasteiger partial charge in [-0.1, -0.05) is 78.6 Å². The summed E-state index contributed by atoms with van der Waals surface area (Å²) in [6.45, 7) is 12.9. The summed E-state index contributed by atoms with van der Waals surface area (Å²) in [5.74, 6) is 2.42. The Morgan fingerprint density at radius 1 is 0.586 bits per heavy atom. The summed E-state index contributed by atoms with van der Waals surface area (Å²) in [7, 11) is 0. The maximum atomic E-state index is 6.20. The number of ether oxygens (including phenoxy) is 3. The second-order valence-corrected chi connectivity index (χ2v) is 7.90. The molecule has 29 heavy (non-hydrogen) atoms. The fourth-order valence-corrected chi connectivity index (χ4v) is 3.26. The van der Waals surface area contributed by atoms with Crippen LogP contribution in [0.4, 0.5) is 0 Å². The molecule has 167 valence electrons. The molecule has 0 unspecified atom stereocenters. The largest absolute Gasteiger partial charge is 0.490 e. The Morgan fingerprint density at radius 3 is 1.38 bits per heavy atom. The van der Waals surface area contributed by atoms with Gasteiger partial charge in [0, 0.05) is 0 Å². The third-order valence-corrected chi connectivity index (χ3v) is 5.12. The Kier molecular flexibility index (Phi) is 15.5. The number of hydrogen-bond acceptors (Lipinski definition) is 3. The van der Waals surface area contributed by atoms with Gasteiger partial charge >= 0.3 is 0 Å². The van der Waals surface area contributed by atoms with Gasteiger partial charge in [-0.05, 0) is 50.3 Å². The van der Waals surface area contributed by atoms with E-state index in [0.717, 1.165) is 61.7 Å². The van der Waals surface area contributed by atoms with Crippen molar-refractivity contribution in [2.45, 2.75) is 104 Å². The summed E-state index contributed by atoms with van der Waals surface area (Å²) in [5.41, 5.74) is 1.13. The number of benzene rings is 1. The normalized spacial score (nSPS) is 10.9. The zero-order chi connectivity index (χ0) is 21.2. The van der Waals surface area contributed by atoms with Crippen molar-refractivity contribution in [2.24, 2.45) is 0 Å². The van der Waals surface area contributed by atoms with Gasteiger partial charge in [0.25, 0.3) is 0 Å². The van der Waals surface area contributed by atoms with Crippen molar-refractivity contribution in [1.29, 1.82) is 0 Å². The van der Waals surface area contributed by atoms with E-state index in [0.29, 0.717) is 6.61 Å². The van der Waals surface area contributed by atoms with E-state index in [4.69, 9.17) is 14.2 Å². The molecule has 0 fully saturated rings. The first-order valence-electron chi connectivity index (χ1n) is 12.1. The average Bonchev–Trinajstić information content (AvgIpc) is 2.74. The Balaban J connectivity index is 2.81. The molecule has 0 bridgehead atoms. The maximum Gasteiger partial charge on any atom is 0.203 e. The summed E-state index contributed by atoms with van der Waals surface area (Å²) in [6, 6.07) is 4.16. The van der Waals surface area contributed by atoms with Crippen LogP contribution in [0.15, 0.2) is 12.1 Å². The fourth-order valence-electron chi connectivity index (χ4n) is 3.26. The van der Waals surface area contributed by atoms with Crippen LogP contribution in [0.5, 0.6) is 17.2 Å². The molecule has 1 radical (unpaired) electrons.